The van der Waals surface area contributed by atoms with Crippen LogP contribution in [0.5, 0.6) is 0 Å². The van der Waals surface area contributed by atoms with Crippen molar-refractivity contribution in [1.29, 1.82) is 0 Å². The van der Waals surface area contributed by atoms with E-state index in [1.54, 1.807) is 0 Å². The summed E-state index contributed by atoms with van der Waals surface area (Å²) in [5, 5.41) is 0. The number of thioether (sulfide) groups is 1. The summed E-state index contributed by atoms with van der Waals surface area (Å²) in [6, 6.07) is 6.23. The minimum absolute atomic E-state index is 1.09. The zero-order valence-corrected chi connectivity index (χ0v) is 8.50. The van der Waals surface area contributed by atoms with Crippen LogP contribution in [0.1, 0.15) is 0 Å². The predicted octanol–water partition coefficient (Wildman–Crippen LogP) is 1.59. The molecular formula is C10H13N2S+. The van der Waals surface area contributed by atoms with Crippen molar-refractivity contribution in [2.24, 2.45) is 0 Å². The normalized spacial score (nSPS) is 10.8. The highest BCUT2D eigenvalue weighted by Crippen LogP contribution is 1.99. The molecule has 0 atom stereocenters. The molecule has 0 saturated heterocycles. The highest BCUT2D eigenvalue weighted by atomic mass is 32.2. The molecule has 68 valence electrons. The van der Waals surface area contributed by atoms with Gasteiger partial charge in [-0.25, -0.2) is 8.97 Å². The number of hydrogen-bond acceptors (Lipinski definition) is 1. The van der Waals surface area contributed by atoms with E-state index in [4.69, 9.17) is 0 Å². The molecular weight excluding hydrogens is 180 g/mol. The first-order valence-corrected chi connectivity index (χ1v) is 5.74. The molecule has 2 nitrogen and oxygen atoms in total. The van der Waals surface area contributed by atoms with E-state index in [9.17, 15) is 0 Å². The number of hydrogen-bond donors (Lipinski definition) is 0. The van der Waals surface area contributed by atoms with Crippen LogP contribution in [-0.2, 0) is 6.54 Å². The van der Waals surface area contributed by atoms with Gasteiger partial charge in [-0.1, -0.05) is 6.07 Å². The van der Waals surface area contributed by atoms with Crippen molar-refractivity contribution >= 4 is 17.3 Å². The van der Waals surface area contributed by atoms with Crippen LogP contribution in [0.15, 0.2) is 36.9 Å². The zero-order chi connectivity index (χ0) is 9.10. The Kier molecular flexibility index (Phi) is 2.54. The molecule has 0 aliphatic rings. The second-order valence-electron chi connectivity index (χ2n) is 3.01. The van der Waals surface area contributed by atoms with Crippen LogP contribution >= 0.6 is 11.8 Å². The van der Waals surface area contributed by atoms with Crippen molar-refractivity contribution in [2.75, 3.05) is 12.0 Å². The summed E-state index contributed by atoms with van der Waals surface area (Å²) in [5.41, 5.74) is 1.25. The summed E-state index contributed by atoms with van der Waals surface area (Å²) in [6.07, 6.45) is 8.52. The quantitative estimate of drug-likeness (QED) is 0.672. The van der Waals surface area contributed by atoms with Gasteiger partial charge in [-0.2, -0.15) is 11.8 Å². The van der Waals surface area contributed by atoms with Gasteiger partial charge in [0.25, 0.3) is 0 Å². The topological polar surface area (TPSA) is 8.29 Å². The number of nitrogens with zero attached hydrogens (tertiary/aromatic N) is 2. The first-order valence-electron chi connectivity index (χ1n) is 4.35. The molecule has 0 saturated carbocycles. The maximum atomic E-state index is 2.23. The Hall–Kier alpha value is -0.960. The summed E-state index contributed by atoms with van der Waals surface area (Å²) in [7, 11) is 0. The largest absolute Gasteiger partial charge is 0.249 e. The SMILES string of the molecule is CSCC[n+]1cc2ccccn2c1. The number of aryl methyl sites for hydroxylation is 1. The van der Waals surface area contributed by atoms with Gasteiger partial charge < -0.3 is 0 Å². The minimum Gasteiger partial charge on any atom is -0.235 e. The van der Waals surface area contributed by atoms with Gasteiger partial charge in [-0.15, -0.1) is 0 Å². The number of pyridine rings is 1. The fraction of sp³-hybridized carbons (Fsp3) is 0.300. The van der Waals surface area contributed by atoms with E-state index in [1.807, 2.05) is 17.8 Å². The van der Waals surface area contributed by atoms with Crippen molar-refractivity contribution in [3.63, 3.8) is 0 Å². The van der Waals surface area contributed by atoms with Crippen LogP contribution in [0.25, 0.3) is 5.52 Å². The maximum absolute atomic E-state index is 2.23. The molecule has 2 aromatic heterocycles. The smallest absolute Gasteiger partial charge is 0.235 e. The molecule has 0 radical (unpaired) electrons. The summed E-state index contributed by atoms with van der Waals surface area (Å²) in [6.45, 7) is 1.09. The van der Waals surface area contributed by atoms with Crippen LogP contribution in [0, 0.1) is 0 Å². The molecule has 2 aromatic rings. The highest BCUT2D eigenvalue weighted by molar-refractivity contribution is 7.98. The fourth-order valence-corrected chi connectivity index (χ4v) is 1.76. The third kappa shape index (κ3) is 1.86. The minimum atomic E-state index is 1.09. The standard InChI is InChI=1S/C10H13N2S/c1-13-7-6-11-8-10-4-2-3-5-12(10)9-11/h2-5,8-9H,6-7H2,1H3/q+1. The second kappa shape index (κ2) is 3.83. The summed E-state index contributed by atoms with van der Waals surface area (Å²) >= 11 is 1.88. The Bertz CT molecular complexity index is 361. The van der Waals surface area contributed by atoms with Gasteiger partial charge in [0, 0.05) is 5.75 Å². The first kappa shape index (κ1) is 8.63. The van der Waals surface area contributed by atoms with Crippen molar-refractivity contribution in [3.8, 4) is 0 Å². The Morgan fingerprint density at radius 2 is 2.38 bits per heavy atom. The lowest BCUT2D eigenvalue weighted by atomic mass is 10.4. The molecule has 2 rings (SSSR count). The second-order valence-corrected chi connectivity index (χ2v) is 3.99. The Morgan fingerprint density at radius 3 is 3.15 bits per heavy atom. The highest BCUT2D eigenvalue weighted by Gasteiger charge is 2.03. The van der Waals surface area contributed by atoms with Crippen LogP contribution in [0.2, 0.25) is 0 Å². The third-order valence-electron chi connectivity index (χ3n) is 2.05. The molecule has 0 bridgehead atoms. The van der Waals surface area contributed by atoms with Crippen LogP contribution in [0.3, 0.4) is 0 Å². The van der Waals surface area contributed by atoms with E-state index in [0.717, 1.165) is 6.54 Å². The van der Waals surface area contributed by atoms with E-state index >= 15 is 0 Å². The molecule has 3 heteroatoms. The molecule has 0 amide bonds. The van der Waals surface area contributed by atoms with E-state index in [-0.39, 0.29) is 0 Å². The van der Waals surface area contributed by atoms with Gasteiger partial charge in [0.15, 0.2) is 5.52 Å². The van der Waals surface area contributed by atoms with Gasteiger partial charge in [0.05, 0.1) is 12.7 Å². The zero-order valence-electron chi connectivity index (χ0n) is 7.68. The van der Waals surface area contributed by atoms with Crippen molar-refractivity contribution < 1.29 is 4.57 Å². The Balaban J connectivity index is 2.28. The summed E-state index contributed by atoms with van der Waals surface area (Å²) in [4.78, 5) is 0. The average molecular weight is 193 g/mol. The molecule has 0 N–H and O–H groups in total. The average Bonchev–Trinajstić information content (AvgIpc) is 2.57. The lowest BCUT2D eigenvalue weighted by molar-refractivity contribution is -0.690. The third-order valence-corrected chi connectivity index (χ3v) is 2.64. The fourth-order valence-electron chi connectivity index (χ4n) is 1.37. The van der Waals surface area contributed by atoms with E-state index in [1.165, 1.54) is 11.3 Å². The van der Waals surface area contributed by atoms with Gasteiger partial charge in [0.1, 0.15) is 6.20 Å². The molecule has 13 heavy (non-hydrogen) atoms. The van der Waals surface area contributed by atoms with Crippen LogP contribution < -0.4 is 4.57 Å². The van der Waals surface area contributed by atoms with Gasteiger partial charge >= 0.3 is 0 Å². The molecule has 0 spiro atoms. The van der Waals surface area contributed by atoms with Crippen LogP contribution in [-0.4, -0.2) is 16.4 Å². The molecule has 0 aliphatic carbocycles. The van der Waals surface area contributed by atoms with Crippen molar-refractivity contribution in [3.05, 3.63) is 36.9 Å². The van der Waals surface area contributed by atoms with E-state index < -0.39 is 0 Å². The maximum Gasteiger partial charge on any atom is 0.249 e. The van der Waals surface area contributed by atoms with Gasteiger partial charge in [-0.3, -0.25) is 0 Å². The number of rotatable bonds is 3. The lowest BCUT2D eigenvalue weighted by Gasteiger charge is -1.90. The van der Waals surface area contributed by atoms with E-state index in [0.29, 0.717) is 0 Å². The Labute approximate surface area is 82.2 Å². The Morgan fingerprint density at radius 1 is 1.46 bits per heavy atom. The molecule has 0 aliphatic heterocycles. The summed E-state index contributed by atoms with van der Waals surface area (Å²) < 4.78 is 4.37. The predicted molar refractivity (Wildman–Crippen MR) is 56.0 cm³/mol. The lowest BCUT2D eigenvalue weighted by Crippen LogP contribution is -2.31. The van der Waals surface area contributed by atoms with Crippen molar-refractivity contribution in [2.45, 2.75) is 6.54 Å². The van der Waals surface area contributed by atoms with Crippen LogP contribution in [0.4, 0.5) is 0 Å². The number of aromatic nitrogens is 2. The number of fused-ring (bicyclic) bond motifs is 1. The molecule has 0 aromatic carbocycles. The van der Waals surface area contributed by atoms with E-state index in [2.05, 4.69) is 46.1 Å². The molecule has 2 heterocycles. The molecule has 0 fully saturated rings. The van der Waals surface area contributed by atoms with Gasteiger partial charge in [-0.05, 0) is 18.4 Å². The monoisotopic (exact) mass is 193 g/mol. The van der Waals surface area contributed by atoms with Crippen molar-refractivity contribution in [1.82, 2.24) is 4.40 Å². The molecule has 0 unspecified atom stereocenters. The summed E-state index contributed by atoms with van der Waals surface area (Å²) in [5.74, 6) is 1.17. The van der Waals surface area contributed by atoms with Gasteiger partial charge in [0.2, 0.25) is 6.33 Å². The number of imidazole rings is 1. The first-order chi connectivity index (χ1) is 6.40.